The molecular formula is C30H32N2OS. The topological polar surface area (TPSA) is 34.4 Å². The number of aromatic nitrogens is 1. The summed E-state index contributed by atoms with van der Waals surface area (Å²) in [5.41, 5.74) is 6.88. The van der Waals surface area contributed by atoms with Crippen LogP contribution in [0.5, 0.6) is 0 Å². The van der Waals surface area contributed by atoms with Gasteiger partial charge < -0.3 is 4.57 Å². The van der Waals surface area contributed by atoms with Gasteiger partial charge in [0.05, 0.1) is 11.6 Å². The van der Waals surface area contributed by atoms with Crippen LogP contribution in [-0.4, -0.2) is 10.5 Å². The summed E-state index contributed by atoms with van der Waals surface area (Å²) in [4.78, 5) is 20.5. The van der Waals surface area contributed by atoms with E-state index in [1.54, 1.807) is 11.3 Å². The van der Waals surface area contributed by atoms with Crippen LogP contribution in [0.3, 0.4) is 0 Å². The number of thiazole rings is 1. The van der Waals surface area contributed by atoms with Crippen molar-refractivity contribution in [2.24, 2.45) is 4.99 Å². The third-order valence-electron chi connectivity index (χ3n) is 6.27. The fourth-order valence-corrected chi connectivity index (χ4v) is 5.68. The molecule has 1 heterocycles. The van der Waals surface area contributed by atoms with Gasteiger partial charge in [-0.1, -0.05) is 86.1 Å². The van der Waals surface area contributed by atoms with Gasteiger partial charge in [-0.25, -0.2) is 0 Å². The summed E-state index contributed by atoms with van der Waals surface area (Å²) in [5.74, 6) is -0.551. The fraction of sp³-hybridized carbons (Fsp3) is 0.267. The minimum Gasteiger partial charge on any atom is -0.316 e. The lowest BCUT2D eigenvalue weighted by Crippen LogP contribution is -2.20. The summed E-state index contributed by atoms with van der Waals surface area (Å²) in [5, 5.41) is 0. The van der Waals surface area contributed by atoms with Gasteiger partial charge in [-0.15, -0.1) is 11.3 Å². The normalized spacial score (nSPS) is 11.9. The standard InChI is InChI=1S/C30H32N2OS/c1-5-13-26-28(25-19-18-21(3)22(4)20-25)32(6-2)30(34-26)31-29(33)27(23-14-9-7-10-15-23)24-16-11-8-12-17-24/h7-12,14-20,27H,5-6,13H2,1-4H3. The van der Waals surface area contributed by atoms with Crippen LogP contribution >= 0.6 is 11.3 Å². The number of rotatable bonds is 7. The molecule has 34 heavy (non-hydrogen) atoms. The molecule has 0 N–H and O–H groups in total. The van der Waals surface area contributed by atoms with Gasteiger partial charge in [0.1, 0.15) is 0 Å². The first-order valence-corrected chi connectivity index (χ1v) is 12.8. The van der Waals surface area contributed by atoms with E-state index in [0.717, 1.165) is 35.3 Å². The summed E-state index contributed by atoms with van der Waals surface area (Å²) in [7, 11) is 0. The molecule has 0 saturated heterocycles. The molecular weight excluding hydrogens is 436 g/mol. The molecule has 0 spiro atoms. The molecule has 0 aliphatic heterocycles. The number of nitrogens with zero attached hydrogens (tertiary/aromatic N) is 2. The van der Waals surface area contributed by atoms with Crippen LogP contribution in [0.4, 0.5) is 0 Å². The lowest BCUT2D eigenvalue weighted by molar-refractivity contribution is -0.118. The van der Waals surface area contributed by atoms with Crippen LogP contribution in [0, 0.1) is 13.8 Å². The Morgan fingerprint density at radius 1 is 0.882 bits per heavy atom. The van der Waals surface area contributed by atoms with Crippen LogP contribution in [0.25, 0.3) is 11.3 Å². The van der Waals surface area contributed by atoms with E-state index < -0.39 is 5.92 Å². The molecule has 1 aromatic heterocycles. The molecule has 3 nitrogen and oxygen atoms in total. The van der Waals surface area contributed by atoms with E-state index in [-0.39, 0.29) is 5.91 Å². The molecule has 0 aliphatic rings. The Labute approximate surface area is 206 Å². The van der Waals surface area contributed by atoms with Crippen LogP contribution in [0.2, 0.25) is 0 Å². The number of aryl methyl sites for hydroxylation is 3. The summed E-state index contributed by atoms with van der Waals surface area (Å²) < 4.78 is 2.21. The zero-order valence-corrected chi connectivity index (χ0v) is 21.2. The highest BCUT2D eigenvalue weighted by molar-refractivity contribution is 7.09. The maximum Gasteiger partial charge on any atom is 0.260 e. The zero-order valence-electron chi connectivity index (χ0n) is 20.4. The van der Waals surface area contributed by atoms with Gasteiger partial charge >= 0.3 is 0 Å². The largest absolute Gasteiger partial charge is 0.316 e. The molecule has 0 fully saturated rings. The average molecular weight is 469 g/mol. The quantitative estimate of drug-likeness (QED) is 0.286. The Morgan fingerprint density at radius 2 is 1.50 bits per heavy atom. The van der Waals surface area contributed by atoms with Crippen molar-refractivity contribution in [3.8, 4) is 11.3 Å². The molecule has 0 saturated carbocycles. The van der Waals surface area contributed by atoms with Crippen molar-refractivity contribution in [1.29, 1.82) is 0 Å². The van der Waals surface area contributed by atoms with E-state index in [4.69, 9.17) is 4.99 Å². The molecule has 4 aromatic rings. The van der Waals surface area contributed by atoms with E-state index >= 15 is 0 Å². The van der Waals surface area contributed by atoms with Gasteiger partial charge in [-0.05, 0) is 61.1 Å². The second kappa shape index (κ2) is 10.8. The SMILES string of the molecule is CCCc1sc(=NC(=O)C(c2ccccc2)c2ccccc2)n(CC)c1-c1ccc(C)c(C)c1. The highest BCUT2D eigenvalue weighted by atomic mass is 32.1. The monoisotopic (exact) mass is 468 g/mol. The lowest BCUT2D eigenvalue weighted by atomic mass is 9.91. The highest BCUT2D eigenvalue weighted by Crippen LogP contribution is 2.30. The van der Waals surface area contributed by atoms with Crippen molar-refractivity contribution in [3.05, 3.63) is 111 Å². The number of amides is 1. The van der Waals surface area contributed by atoms with Crippen molar-refractivity contribution < 1.29 is 4.79 Å². The van der Waals surface area contributed by atoms with E-state index in [9.17, 15) is 4.79 Å². The van der Waals surface area contributed by atoms with Gasteiger partial charge in [0.25, 0.3) is 5.91 Å². The van der Waals surface area contributed by atoms with Gasteiger partial charge in [-0.2, -0.15) is 4.99 Å². The fourth-order valence-electron chi connectivity index (χ4n) is 4.37. The summed E-state index contributed by atoms with van der Waals surface area (Å²) in [6, 6.07) is 26.5. The molecule has 0 aliphatic carbocycles. The molecule has 0 atom stereocenters. The van der Waals surface area contributed by atoms with Crippen molar-refractivity contribution in [1.82, 2.24) is 4.57 Å². The maximum absolute atomic E-state index is 13.7. The molecule has 0 bridgehead atoms. The molecule has 1 amide bonds. The van der Waals surface area contributed by atoms with Crippen LogP contribution < -0.4 is 4.80 Å². The zero-order chi connectivity index (χ0) is 24.1. The van der Waals surface area contributed by atoms with Crippen LogP contribution in [-0.2, 0) is 17.8 Å². The maximum atomic E-state index is 13.7. The first-order chi connectivity index (χ1) is 16.5. The van der Waals surface area contributed by atoms with E-state index in [0.29, 0.717) is 0 Å². The second-order valence-electron chi connectivity index (χ2n) is 8.65. The highest BCUT2D eigenvalue weighted by Gasteiger charge is 2.23. The number of hydrogen-bond acceptors (Lipinski definition) is 2. The van der Waals surface area contributed by atoms with Crippen molar-refractivity contribution >= 4 is 17.2 Å². The molecule has 4 rings (SSSR count). The van der Waals surface area contributed by atoms with E-state index in [1.807, 2.05) is 60.7 Å². The average Bonchev–Trinajstić information content (AvgIpc) is 3.19. The van der Waals surface area contributed by atoms with Crippen molar-refractivity contribution in [2.45, 2.75) is 53.0 Å². The third kappa shape index (κ3) is 4.97. The predicted octanol–water partition coefficient (Wildman–Crippen LogP) is 7.07. The number of carbonyl (C=O) groups excluding carboxylic acids is 1. The van der Waals surface area contributed by atoms with Crippen LogP contribution in [0.15, 0.2) is 83.9 Å². The number of carbonyl (C=O) groups is 1. The first kappa shape index (κ1) is 23.9. The Morgan fingerprint density at radius 3 is 2.03 bits per heavy atom. The summed E-state index contributed by atoms with van der Waals surface area (Å²) in [6.45, 7) is 9.38. The Bertz CT molecular complexity index is 1290. The van der Waals surface area contributed by atoms with Gasteiger partial charge in [0.15, 0.2) is 4.80 Å². The van der Waals surface area contributed by atoms with Crippen LogP contribution in [0.1, 0.15) is 53.3 Å². The molecule has 0 radical (unpaired) electrons. The Balaban J connectivity index is 1.87. The van der Waals surface area contributed by atoms with E-state index in [1.165, 1.54) is 27.3 Å². The molecule has 3 aromatic carbocycles. The van der Waals surface area contributed by atoms with Gasteiger partial charge in [0, 0.05) is 11.4 Å². The molecule has 174 valence electrons. The molecule has 0 unspecified atom stereocenters. The summed E-state index contributed by atoms with van der Waals surface area (Å²) in [6.07, 6.45) is 2.02. The second-order valence-corrected chi connectivity index (χ2v) is 9.72. The summed E-state index contributed by atoms with van der Waals surface area (Å²) >= 11 is 1.65. The van der Waals surface area contributed by atoms with Gasteiger partial charge in [-0.3, -0.25) is 4.79 Å². The lowest BCUT2D eigenvalue weighted by Gasteiger charge is -2.14. The first-order valence-electron chi connectivity index (χ1n) is 12.0. The Kier molecular flexibility index (Phi) is 7.59. The molecule has 4 heteroatoms. The smallest absolute Gasteiger partial charge is 0.260 e. The minimum absolute atomic E-state index is 0.129. The minimum atomic E-state index is -0.422. The van der Waals surface area contributed by atoms with Crippen molar-refractivity contribution in [3.63, 3.8) is 0 Å². The van der Waals surface area contributed by atoms with Gasteiger partial charge in [0.2, 0.25) is 0 Å². The Hall–Kier alpha value is -3.24. The third-order valence-corrected chi connectivity index (χ3v) is 7.41. The number of hydrogen-bond donors (Lipinski definition) is 0. The van der Waals surface area contributed by atoms with E-state index in [2.05, 4.69) is 50.5 Å². The number of benzene rings is 3. The predicted molar refractivity (Wildman–Crippen MR) is 142 cm³/mol. The van der Waals surface area contributed by atoms with Crippen molar-refractivity contribution in [2.75, 3.05) is 0 Å².